The Morgan fingerprint density at radius 3 is 0.684 bits per heavy atom. The minimum absolute atomic E-state index is 0.0660. The SMILES string of the molecule is CCCCC/C=C\CCCCCCCC(=O)OCC(COC(=O)CCCCCCCCCCCCCCCCCCCCCCCCCCCCCCC)OC(=O)CCCCCCCCCCCCCCCCCCC. The van der Waals surface area contributed by atoms with Gasteiger partial charge in [0.25, 0.3) is 0 Å². The van der Waals surface area contributed by atoms with Crippen LogP contribution in [0.2, 0.25) is 0 Å². The van der Waals surface area contributed by atoms with Crippen LogP contribution in [0.15, 0.2) is 12.2 Å². The molecule has 0 amide bonds. The fourth-order valence-corrected chi connectivity index (χ4v) is 10.8. The van der Waals surface area contributed by atoms with E-state index in [0.29, 0.717) is 19.3 Å². The van der Waals surface area contributed by atoms with Crippen molar-refractivity contribution >= 4 is 17.9 Å². The Morgan fingerprint density at radius 2 is 0.434 bits per heavy atom. The Labute approximate surface area is 475 Å². The molecule has 0 saturated heterocycles. The Morgan fingerprint density at radius 1 is 0.250 bits per heavy atom. The van der Waals surface area contributed by atoms with Gasteiger partial charge in [0, 0.05) is 19.3 Å². The lowest BCUT2D eigenvalue weighted by molar-refractivity contribution is -0.167. The molecule has 0 aromatic heterocycles. The minimum atomic E-state index is -0.769. The van der Waals surface area contributed by atoms with Crippen molar-refractivity contribution in [3.05, 3.63) is 12.2 Å². The predicted molar refractivity (Wildman–Crippen MR) is 330 cm³/mol. The third kappa shape index (κ3) is 63.0. The van der Waals surface area contributed by atoms with Gasteiger partial charge in [0.2, 0.25) is 0 Å². The van der Waals surface area contributed by atoms with Crippen molar-refractivity contribution in [2.45, 2.75) is 406 Å². The molecule has 0 aromatic rings. The number of hydrogen-bond donors (Lipinski definition) is 0. The fraction of sp³-hybridized carbons (Fsp3) is 0.929. The maximum absolute atomic E-state index is 12.9. The summed E-state index contributed by atoms with van der Waals surface area (Å²) in [5.41, 5.74) is 0. The largest absolute Gasteiger partial charge is 0.462 e. The van der Waals surface area contributed by atoms with E-state index in [0.717, 1.165) is 64.2 Å². The molecule has 1 atom stereocenters. The Kier molecular flexibility index (Phi) is 64.1. The average Bonchev–Trinajstić information content (AvgIpc) is 3.42. The van der Waals surface area contributed by atoms with Crippen LogP contribution in [-0.4, -0.2) is 37.2 Å². The zero-order valence-corrected chi connectivity index (χ0v) is 51.8. The van der Waals surface area contributed by atoms with Crippen LogP contribution in [0.5, 0.6) is 0 Å². The van der Waals surface area contributed by atoms with E-state index in [1.165, 1.54) is 295 Å². The van der Waals surface area contributed by atoms with E-state index >= 15 is 0 Å². The zero-order valence-electron chi connectivity index (χ0n) is 51.8. The monoisotopic (exact) mass is 1070 g/mol. The van der Waals surface area contributed by atoms with Crippen LogP contribution in [0.25, 0.3) is 0 Å². The summed E-state index contributed by atoms with van der Waals surface area (Å²) in [5, 5.41) is 0. The van der Waals surface area contributed by atoms with Crippen LogP contribution in [0.4, 0.5) is 0 Å². The zero-order chi connectivity index (χ0) is 55.0. The number of esters is 3. The molecular weight excluding hydrogens is 937 g/mol. The number of allylic oxidation sites excluding steroid dienone is 2. The molecule has 0 fully saturated rings. The Bertz CT molecular complexity index is 1180. The standard InChI is InChI=1S/C70H134O6/c1-4-7-10-13-16-19-22-25-27-29-30-31-32-33-34-35-36-37-38-39-40-42-43-45-48-51-54-57-60-63-69(72)75-66-67(65-74-68(71)62-59-56-53-50-47-24-21-18-15-12-9-6-3)76-70(73)64-61-58-55-52-49-46-44-41-28-26-23-20-17-14-11-8-5-2/h18,21,67H,4-17,19-20,22-66H2,1-3H3/b21-18-. The molecule has 0 aromatic carbocycles. The molecule has 0 spiro atoms. The number of unbranched alkanes of at least 4 members (excludes halogenated alkanes) is 52. The summed E-state index contributed by atoms with van der Waals surface area (Å²) in [6, 6.07) is 0. The highest BCUT2D eigenvalue weighted by atomic mass is 16.6. The second-order valence-electron chi connectivity index (χ2n) is 23.8. The molecule has 0 N–H and O–H groups in total. The first-order valence-corrected chi connectivity index (χ1v) is 34.7. The van der Waals surface area contributed by atoms with E-state index in [1.807, 2.05) is 0 Å². The van der Waals surface area contributed by atoms with Crippen LogP contribution in [-0.2, 0) is 28.6 Å². The van der Waals surface area contributed by atoms with Crippen LogP contribution >= 0.6 is 0 Å². The molecule has 0 heterocycles. The maximum atomic E-state index is 12.9. The number of carbonyl (C=O) groups is 3. The van der Waals surface area contributed by atoms with E-state index in [4.69, 9.17) is 14.2 Å². The molecule has 0 aliphatic rings. The van der Waals surface area contributed by atoms with Crippen molar-refractivity contribution in [2.24, 2.45) is 0 Å². The second-order valence-corrected chi connectivity index (χ2v) is 23.8. The van der Waals surface area contributed by atoms with Gasteiger partial charge in [0.05, 0.1) is 0 Å². The van der Waals surface area contributed by atoms with Gasteiger partial charge < -0.3 is 14.2 Å². The summed E-state index contributed by atoms with van der Waals surface area (Å²) >= 11 is 0. The molecule has 0 aliphatic heterocycles. The van der Waals surface area contributed by atoms with Crippen LogP contribution in [0, 0.1) is 0 Å². The fourth-order valence-electron chi connectivity index (χ4n) is 10.8. The first-order chi connectivity index (χ1) is 37.5. The molecule has 1 unspecified atom stereocenters. The van der Waals surface area contributed by atoms with Crippen molar-refractivity contribution in [1.82, 2.24) is 0 Å². The number of carbonyl (C=O) groups excluding carboxylic acids is 3. The van der Waals surface area contributed by atoms with Crippen LogP contribution < -0.4 is 0 Å². The van der Waals surface area contributed by atoms with Crippen LogP contribution in [0.1, 0.15) is 400 Å². The summed E-state index contributed by atoms with van der Waals surface area (Å²) in [7, 11) is 0. The molecule has 0 saturated carbocycles. The quantitative estimate of drug-likeness (QED) is 0.0261. The molecule has 6 nitrogen and oxygen atoms in total. The molecule has 450 valence electrons. The van der Waals surface area contributed by atoms with Crippen molar-refractivity contribution in [3.8, 4) is 0 Å². The molecule has 76 heavy (non-hydrogen) atoms. The second kappa shape index (κ2) is 65.7. The predicted octanol–water partition coefficient (Wildman–Crippen LogP) is 23.6. The molecule has 0 radical (unpaired) electrons. The molecule has 0 rings (SSSR count). The third-order valence-corrected chi connectivity index (χ3v) is 16.0. The summed E-state index contributed by atoms with van der Waals surface area (Å²) in [4.78, 5) is 38.3. The van der Waals surface area contributed by atoms with Crippen molar-refractivity contribution < 1.29 is 28.6 Å². The highest BCUT2D eigenvalue weighted by molar-refractivity contribution is 5.71. The minimum Gasteiger partial charge on any atom is -0.462 e. The van der Waals surface area contributed by atoms with Gasteiger partial charge in [-0.1, -0.05) is 348 Å². The van der Waals surface area contributed by atoms with Crippen molar-refractivity contribution in [2.75, 3.05) is 13.2 Å². The van der Waals surface area contributed by atoms with Gasteiger partial charge in [-0.05, 0) is 44.9 Å². The van der Waals surface area contributed by atoms with Gasteiger partial charge in [-0.3, -0.25) is 14.4 Å². The molecule has 6 heteroatoms. The average molecular weight is 1070 g/mol. The maximum Gasteiger partial charge on any atom is 0.306 e. The van der Waals surface area contributed by atoms with Gasteiger partial charge in [0.15, 0.2) is 6.10 Å². The molecule has 0 bridgehead atoms. The lowest BCUT2D eigenvalue weighted by Crippen LogP contribution is -2.30. The molecular formula is C70H134O6. The smallest absolute Gasteiger partial charge is 0.306 e. The van der Waals surface area contributed by atoms with E-state index in [-0.39, 0.29) is 31.1 Å². The van der Waals surface area contributed by atoms with E-state index in [2.05, 4.69) is 32.9 Å². The Hall–Kier alpha value is -1.85. The summed E-state index contributed by atoms with van der Waals surface area (Å²) in [6.07, 6.45) is 78.2. The highest BCUT2D eigenvalue weighted by Crippen LogP contribution is 2.19. The van der Waals surface area contributed by atoms with Crippen molar-refractivity contribution in [1.29, 1.82) is 0 Å². The van der Waals surface area contributed by atoms with Gasteiger partial charge in [-0.25, -0.2) is 0 Å². The van der Waals surface area contributed by atoms with Gasteiger partial charge in [0.1, 0.15) is 13.2 Å². The Balaban J connectivity index is 4.11. The van der Waals surface area contributed by atoms with Crippen molar-refractivity contribution in [3.63, 3.8) is 0 Å². The third-order valence-electron chi connectivity index (χ3n) is 16.0. The number of rotatable bonds is 65. The normalized spacial score (nSPS) is 12.0. The van der Waals surface area contributed by atoms with Crippen LogP contribution in [0.3, 0.4) is 0 Å². The molecule has 0 aliphatic carbocycles. The van der Waals surface area contributed by atoms with Gasteiger partial charge in [-0.15, -0.1) is 0 Å². The first-order valence-electron chi connectivity index (χ1n) is 34.7. The topological polar surface area (TPSA) is 78.9 Å². The van der Waals surface area contributed by atoms with E-state index in [1.54, 1.807) is 0 Å². The van der Waals surface area contributed by atoms with Gasteiger partial charge in [-0.2, -0.15) is 0 Å². The lowest BCUT2D eigenvalue weighted by atomic mass is 10.0. The number of hydrogen-bond acceptors (Lipinski definition) is 6. The summed E-state index contributed by atoms with van der Waals surface area (Å²) in [6.45, 7) is 6.69. The van der Waals surface area contributed by atoms with E-state index in [9.17, 15) is 14.4 Å². The van der Waals surface area contributed by atoms with Gasteiger partial charge >= 0.3 is 17.9 Å². The summed E-state index contributed by atoms with van der Waals surface area (Å²) in [5.74, 6) is -0.844. The number of ether oxygens (including phenoxy) is 3. The lowest BCUT2D eigenvalue weighted by Gasteiger charge is -2.18. The highest BCUT2D eigenvalue weighted by Gasteiger charge is 2.19. The van der Waals surface area contributed by atoms with E-state index < -0.39 is 6.10 Å². The summed E-state index contributed by atoms with van der Waals surface area (Å²) < 4.78 is 17.0. The first kappa shape index (κ1) is 74.2.